The fourth-order valence-corrected chi connectivity index (χ4v) is 3.01. The second kappa shape index (κ2) is 7.88. The van der Waals surface area contributed by atoms with E-state index >= 15 is 0 Å². The van der Waals surface area contributed by atoms with Crippen molar-refractivity contribution in [3.05, 3.63) is 101 Å². The average molecular weight is 399 g/mol. The van der Waals surface area contributed by atoms with Gasteiger partial charge in [-0.25, -0.2) is 4.68 Å². The van der Waals surface area contributed by atoms with Crippen molar-refractivity contribution >= 4 is 23.0 Å². The molecule has 0 atom stereocenters. The lowest BCUT2D eigenvalue weighted by Crippen LogP contribution is -2.13. The van der Waals surface area contributed by atoms with Gasteiger partial charge in [-0.15, -0.1) is 0 Å². The van der Waals surface area contributed by atoms with Crippen molar-refractivity contribution in [3.63, 3.8) is 0 Å². The third kappa shape index (κ3) is 3.74. The Morgan fingerprint density at radius 3 is 2.30 bits per heavy atom. The molecule has 0 bridgehead atoms. The lowest BCUT2D eigenvalue weighted by atomic mass is 10.1. The monoisotopic (exact) mass is 399 g/mol. The molecule has 0 aliphatic rings. The van der Waals surface area contributed by atoms with Crippen LogP contribution in [0.4, 0.5) is 17.1 Å². The molecule has 4 aromatic rings. The van der Waals surface area contributed by atoms with Gasteiger partial charge in [-0.3, -0.25) is 14.9 Å². The van der Waals surface area contributed by atoms with Gasteiger partial charge in [0.1, 0.15) is 5.69 Å². The van der Waals surface area contributed by atoms with E-state index in [4.69, 9.17) is 5.73 Å². The molecule has 1 heterocycles. The summed E-state index contributed by atoms with van der Waals surface area (Å²) in [5, 5.41) is 18.3. The Kier molecular flexibility index (Phi) is 4.96. The second-order valence-corrected chi connectivity index (χ2v) is 6.52. The number of para-hydroxylation sites is 3. The van der Waals surface area contributed by atoms with E-state index in [0.29, 0.717) is 28.2 Å². The summed E-state index contributed by atoms with van der Waals surface area (Å²) in [6, 6.07) is 22.2. The summed E-state index contributed by atoms with van der Waals surface area (Å²) >= 11 is 0. The number of carbonyl (C=O) groups excluding carboxylic acids is 1. The van der Waals surface area contributed by atoms with E-state index in [1.54, 1.807) is 47.3 Å². The van der Waals surface area contributed by atoms with Gasteiger partial charge in [0.2, 0.25) is 0 Å². The first-order valence-corrected chi connectivity index (χ1v) is 9.09. The molecule has 1 amide bonds. The minimum absolute atomic E-state index is 0.0377. The van der Waals surface area contributed by atoms with Crippen LogP contribution >= 0.6 is 0 Å². The number of nitrogens with zero attached hydrogens (tertiary/aromatic N) is 3. The highest BCUT2D eigenvalue weighted by atomic mass is 16.6. The summed E-state index contributed by atoms with van der Waals surface area (Å²) in [4.78, 5) is 23.5. The highest BCUT2D eigenvalue weighted by molar-refractivity contribution is 6.09. The number of nitrogen functional groups attached to an aromatic ring is 1. The fourth-order valence-electron chi connectivity index (χ4n) is 3.01. The van der Waals surface area contributed by atoms with Gasteiger partial charge >= 0.3 is 0 Å². The third-order valence-corrected chi connectivity index (χ3v) is 4.54. The number of non-ortho nitro benzene ring substituents is 1. The predicted molar refractivity (Wildman–Crippen MR) is 114 cm³/mol. The average Bonchev–Trinajstić information content (AvgIpc) is 3.22. The van der Waals surface area contributed by atoms with Crippen molar-refractivity contribution in [1.29, 1.82) is 0 Å². The molecule has 4 rings (SSSR count). The zero-order valence-corrected chi connectivity index (χ0v) is 15.7. The molecular formula is C22H17N5O3. The van der Waals surface area contributed by atoms with E-state index in [1.165, 1.54) is 12.1 Å². The Morgan fingerprint density at radius 1 is 0.967 bits per heavy atom. The van der Waals surface area contributed by atoms with Crippen LogP contribution in [0.5, 0.6) is 0 Å². The van der Waals surface area contributed by atoms with Gasteiger partial charge in [0.05, 0.1) is 27.5 Å². The molecule has 0 spiro atoms. The number of benzene rings is 3. The Bertz CT molecular complexity index is 1220. The summed E-state index contributed by atoms with van der Waals surface area (Å²) in [6.45, 7) is 0. The van der Waals surface area contributed by atoms with Crippen molar-refractivity contribution in [1.82, 2.24) is 9.78 Å². The quantitative estimate of drug-likeness (QED) is 0.295. The SMILES string of the molecule is Nc1ccccc1NC(=O)c1cn(-c2ccccc2)nc1-c1ccc([N+](=O)[O-])cc1. The van der Waals surface area contributed by atoms with E-state index in [-0.39, 0.29) is 11.6 Å². The Balaban J connectivity index is 1.77. The number of rotatable bonds is 5. The molecule has 30 heavy (non-hydrogen) atoms. The summed E-state index contributed by atoms with van der Waals surface area (Å²) < 4.78 is 1.60. The standard InChI is InChI=1S/C22H17N5O3/c23-19-8-4-5-9-20(19)24-22(28)18-14-26(16-6-2-1-3-7-16)25-21(18)15-10-12-17(13-11-15)27(29)30/h1-14H,23H2,(H,24,28). The fraction of sp³-hybridized carbons (Fsp3) is 0. The van der Waals surface area contributed by atoms with Crippen molar-refractivity contribution < 1.29 is 9.72 Å². The maximum absolute atomic E-state index is 13.1. The van der Waals surface area contributed by atoms with E-state index in [0.717, 1.165) is 5.69 Å². The number of hydrogen-bond donors (Lipinski definition) is 2. The normalized spacial score (nSPS) is 10.5. The Labute approximate surface area is 171 Å². The van der Waals surface area contributed by atoms with Crippen molar-refractivity contribution in [2.75, 3.05) is 11.1 Å². The Morgan fingerprint density at radius 2 is 1.63 bits per heavy atom. The summed E-state index contributed by atoms with van der Waals surface area (Å²) in [7, 11) is 0. The van der Waals surface area contributed by atoms with Gasteiger partial charge < -0.3 is 11.1 Å². The lowest BCUT2D eigenvalue weighted by molar-refractivity contribution is -0.384. The highest BCUT2D eigenvalue weighted by Gasteiger charge is 2.20. The van der Waals surface area contributed by atoms with Crippen LogP contribution in [-0.4, -0.2) is 20.6 Å². The van der Waals surface area contributed by atoms with Crippen LogP contribution in [0.15, 0.2) is 85.1 Å². The van der Waals surface area contributed by atoms with Crippen LogP contribution in [0.1, 0.15) is 10.4 Å². The van der Waals surface area contributed by atoms with Gasteiger partial charge in [0, 0.05) is 23.9 Å². The maximum atomic E-state index is 13.1. The van der Waals surface area contributed by atoms with Gasteiger partial charge in [-0.05, 0) is 36.4 Å². The molecule has 0 saturated carbocycles. The van der Waals surface area contributed by atoms with Crippen LogP contribution in [0.3, 0.4) is 0 Å². The molecule has 148 valence electrons. The number of anilines is 2. The number of hydrogen-bond acceptors (Lipinski definition) is 5. The van der Waals surface area contributed by atoms with Crippen LogP contribution in [0.25, 0.3) is 16.9 Å². The summed E-state index contributed by atoms with van der Waals surface area (Å²) in [5.74, 6) is -0.386. The van der Waals surface area contributed by atoms with Crippen LogP contribution < -0.4 is 11.1 Å². The molecule has 0 fully saturated rings. The number of nitrogens with one attached hydrogen (secondary N) is 1. The summed E-state index contributed by atoms with van der Waals surface area (Å²) in [5.41, 5.74) is 8.91. The first kappa shape index (κ1) is 18.9. The molecular weight excluding hydrogens is 382 g/mol. The first-order valence-electron chi connectivity index (χ1n) is 9.09. The number of nitrogens with two attached hydrogens (primary N) is 1. The molecule has 3 N–H and O–H groups in total. The molecule has 1 aromatic heterocycles. The molecule has 0 aliphatic carbocycles. The molecule has 0 unspecified atom stereocenters. The van der Waals surface area contributed by atoms with E-state index in [1.807, 2.05) is 30.3 Å². The van der Waals surface area contributed by atoms with E-state index in [2.05, 4.69) is 10.4 Å². The lowest BCUT2D eigenvalue weighted by Gasteiger charge is -2.07. The zero-order valence-electron chi connectivity index (χ0n) is 15.7. The largest absolute Gasteiger partial charge is 0.397 e. The first-order chi connectivity index (χ1) is 14.5. The van der Waals surface area contributed by atoms with Gasteiger partial charge in [-0.1, -0.05) is 30.3 Å². The van der Waals surface area contributed by atoms with Crippen molar-refractivity contribution in [2.45, 2.75) is 0 Å². The van der Waals surface area contributed by atoms with Crippen LogP contribution in [-0.2, 0) is 0 Å². The molecule has 8 nitrogen and oxygen atoms in total. The van der Waals surface area contributed by atoms with E-state index < -0.39 is 4.92 Å². The Hall–Kier alpha value is -4.46. The van der Waals surface area contributed by atoms with E-state index in [9.17, 15) is 14.9 Å². The number of aromatic nitrogens is 2. The van der Waals surface area contributed by atoms with Crippen LogP contribution in [0.2, 0.25) is 0 Å². The van der Waals surface area contributed by atoms with Crippen LogP contribution in [0, 0.1) is 10.1 Å². The van der Waals surface area contributed by atoms with Gasteiger partial charge in [0.25, 0.3) is 11.6 Å². The number of amides is 1. The second-order valence-electron chi connectivity index (χ2n) is 6.52. The molecule has 0 radical (unpaired) electrons. The predicted octanol–water partition coefficient (Wildman–Crippen LogP) is 4.28. The summed E-state index contributed by atoms with van der Waals surface area (Å²) in [6.07, 6.45) is 1.63. The number of nitro benzene ring substituents is 1. The number of carbonyl (C=O) groups is 1. The van der Waals surface area contributed by atoms with Crippen molar-refractivity contribution in [2.24, 2.45) is 0 Å². The number of nitro groups is 1. The minimum atomic E-state index is -0.474. The van der Waals surface area contributed by atoms with Gasteiger partial charge in [0.15, 0.2) is 0 Å². The highest BCUT2D eigenvalue weighted by Crippen LogP contribution is 2.27. The smallest absolute Gasteiger partial charge is 0.269 e. The third-order valence-electron chi connectivity index (χ3n) is 4.54. The zero-order chi connectivity index (χ0) is 21.1. The topological polar surface area (TPSA) is 116 Å². The molecule has 8 heteroatoms. The molecule has 0 aliphatic heterocycles. The molecule has 0 saturated heterocycles. The minimum Gasteiger partial charge on any atom is -0.397 e. The van der Waals surface area contributed by atoms with Crippen molar-refractivity contribution in [3.8, 4) is 16.9 Å². The maximum Gasteiger partial charge on any atom is 0.269 e. The van der Waals surface area contributed by atoms with Gasteiger partial charge in [-0.2, -0.15) is 5.10 Å². The molecule has 3 aromatic carbocycles.